The van der Waals surface area contributed by atoms with E-state index >= 15 is 0 Å². The van der Waals surface area contributed by atoms with Gasteiger partial charge < -0.3 is 5.73 Å². The molecule has 2 N–H and O–H groups in total. The van der Waals surface area contributed by atoms with E-state index in [1.54, 1.807) is 0 Å². The Morgan fingerprint density at radius 1 is 1.67 bits per heavy atom. The summed E-state index contributed by atoms with van der Waals surface area (Å²) in [7, 11) is 0. The van der Waals surface area contributed by atoms with Crippen LogP contribution in [0.25, 0.3) is 0 Å². The zero-order chi connectivity index (χ0) is 9.14. The number of hydrogen-bond donors (Lipinski definition) is 1. The number of rotatable bonds is 3. The Kier molecular flexibility index (Phi) is 3.14. The van der Waals surface area contributed by atoms with Gasteiger partial charge in [-0.1, -0.05) is 13.8 Å². The molecule has 1 aromatic rings. The SMILES string of the molecule is CC(C)CCn1cc(Br)c(N)n1. The molecule has 0 aliphatic rings. The van der Waals surface area contributed by atoms with Gasteiger partial charge in [0.15, 0.2) is 5.82 Å². The monoisotopic (exact) mass is 231 g/mol. The topological polar surface area (TPSA) is 43.8 Å². The third kappa shape index (κ3) is 2.52. The van der Waals surface area contributed by atoms with Crippen LogP contribution in [0.4, 0.5) is 5.82 Å². The van der Waals surface area contributed by atoms with E-state index in [1.807, 2.05) is 10.9 Å². The van der Waals surface area contributed by atoms with E-state index in [0.29, 0.717) is 11.7 Å². The fraction of sp³-hybridized carbons (Fsp3) is 0.625. The van der Waals surface area contributed by atoms with Crippen molar-refractivity contribution in [3.8, 4) is 0 Å². The van der Waals surface area contributed by atoms with Crippen LogP contribution in [0, 0.1) is 5.92 Å². The molecule has 4 heteroatoms. The molecule has 1 rings (SSSR count). The predicted molar refractivity (Wildman–Crippen MR) is 53.8 cm³/mol. The normalized spacial score (nSPS) is 11.0. The lowest BCUT2D eigenvalue weighted by Gasteiger charge is -2.03. The first-order valence-corrected chi connectivity index (χ1v) is 4.87. The van der Waals surface area contributed by atoms with Crippen molar-refractivity contribution >= 4 is 21.7 Å². The Labute approximate surface area is 81.1 Å². The van der Waals surface area contributed by atoms with Gasteiger partial charge in [0, 0.05) is 12.7 Å². The molecule has 1 aromatic heterocycles. The Morgan fingerprint density at radius 3 is 2.75 bits per heavy atom. The summed E-state index contributed by atoms with van der Waals surface area (Å²) < 4.78 is 2.76. The molecule has 0 aliphatic heterocycles. The number of anilines is 1. The van der Waals surface area contributed by atoms with Gasteiger partial charge in [0.1, 0.15) is 0 Å². The zero-order valence-corrected chi connectivity index (χ0v) is 9.00. The van der Waals surface area contributed by atoms with Gasteiger partial charge in [-0.2, -0.15) is 5.10 Å². The molecule has 0 saturated carbocycles. The van der Waals surface area contributed by atoms with Crippen molar-refractivity contribution in [2.45, 2.75) is 26.8 Å². The lowest BCUT2D eigenvalue weighted by atomic mass is 10.1. The highest BCUT2D eigenvalue weighted by molar-refractivity contribution is 9.10. The van der Waals surface area contributed by atoms with E-state index in [1.165, 1.54) is 0 Å². The number of aryl methyl sites for hydroxylation is 1. The maximum atomic E-state index is 5.57. The fourth-order valence-electron chi connectivity index (χ4n) is 0.917. The average Bonchev–Trinajstić information content (AvgIpc) is 2.28. The van der Waals surface area contributed by atoms with Crippen LogP contribution in [0.2, 0.25) is 0 Å². The minimum Gasteiger partial charge on any atom is -0.381 e. The molecule has 0 saturated heterocycles. The van der Waals surface area contributed by atoms with Crippen molar-refractivity contribution in [1.82, 2.24) is 9.78 Å². The second kappa shape index (κ2) is 3.94. The molecule has 0 radical (unpaired) electrons. The van der Waals surface area contributed by atoms with Crippen molar-refractivity contribution in [2.75, 3.05) is 5.73 Å². The van der Waals surface area contributed by atoms with Crippen LogP contribution in [0.3, 0.4) is 0 Å². The maximum Gasteiger partial charge on any atom is 0.159 e. The number of nitrogen functional groups attached to an aromatic ring is 1. The van der Waals surface area contributed by atoms with Crippen LogP contribution in [-0.2, 0) is 6.54 Å². The number of nitrogens with two attached hydrogens (primary N) is 1. The van der Waals surface area contributed by atoms with Crippen LogP contribution >= 0.6 is 15.9 Å². The highest BCUT2D eigenvalue weighted by atomic mass is 79.9. The molecule has 3 nitrogen and oxygen atoms in total. The molecule has 0 unspecified atom stereocenters. The Balaban J connectivity index is 2.53. The van der Waals surface area contributed by atoms with Crippen molar-refractivity contribution in [2.24, 2.45) is 5.92 Å². The quantitative estimate of drug-likeness (QED) is 0.868. The van der Waals surface area contributed by atoms with E-state index in [0.717, 1.165) is 17.4 Å². The standard InChI is InChI=1S/C8H14BrN3/c1-6(2)3-4-12-5-7(9)8(10)11-12/h5-6H,3-4H2,1-2H3,(H2,10,11). The van der Waals surface area contributed by atoms with Gasteiger partial charge in [0.2, 0.25) is 0 Å². The minimum atomic E-state index is 0.568. The summed E-state index contributed by atoms with van der Waals surface area (Å²) in [6, 6.07) is 0. The zero-order valence-electron chi connectivity index (χ0n) is 7.42. The fourth-order valence-corrected chi connectivity index (χ4v) is 1.23. The summed E-state index contributed by atoms with van der Waals surface area (Å²) in [6.45, 7) is 5.33. The van der Waals surface area contributed by atoms with Crippen molar-refractivity contribution < 1.29 is 0 Å². The average molecular weight is 232 g/mol. The van der Waals surface area contributed by atoms with Gasteiger partial charge >= 0.3 is 0 Å². The molecule has 0 aromatic carbocycles. The summed E-state index contributed by atoms with van der Waals surface area (Å²) >= 11 is 3.31. The van der Waals surface area contributed by atoms with E-state index in [2.05, 4.69) is 34.9 Å². The molecule has 0 amide bonds. The van der Waals surface area contributed by atoms with E-state index in [4.69, 9.17) is 5.73 Å². The summed E-state index contributed by atoms with van der Waals surface area (Å²) in [5.74, 6) is 1.27. The van der Waals surface area contributed by atoms with E-state index in [9.17, 15) is 0 Å². The van der Waals surface area contributed by atoms with Crippen LogP contribution in [0.1, 0.15) is 20.3 Å². The number of halogens is 1. The highest BCUT2D eigenvalue weighted by Gasteiger charge is 2.02. The summed E-state index contributed by atoms with van der Waals surface area (Å²) in [5, 5.41) is 4.13. The first-order valence-electron chi connectivity index (χ1n) is 4.08. The van der Waals surface area contributed by atoms with Crippen LogP contribution in [0.15, 0.2) is 10.7 Å². The second-order valence-corrected chi connectivity index (χ2v) is 4.16. The lowest BCUT2D eigenvalue weighted by molar-refractivity contribution is 0.488. The van der Waals surface area contributed by atoms with Crippen LogP contribution in [0.5, 0.6) is 0 Å². The third-order valence-electron chi connectivity index (χ3n) is 1.68. The van der Waals surface area contributed by atoms with Gasteiger partial charge in [-0.15, -0.1) is 0 Å². The Morgan fingerprint density at radius 2 is 2.33 bits per heavy atom. The maximum absolute atomic E-state index is 5.57. The van der Waals surface area contributed by atoms with Crippen molar-refractivity contribution in [3.05, 3.63) is 10.7 Å². The van der Waals surface area contributed by atoms with E-state index < -0.39 is 0 Å². The van der Waals surface area contributed by atoms with Gasteiger partial charge in [-0.25, -0.2) is 0 Å². The lowest BCUT2D eigenvalue weighted by Crippen LogP contribution is -2.02. The van der Waals surface area contributed by atoms with E-state index in [-0.39, 0.29) is 0 Å². The molecule has 0 aliphatic carbocycles. The molecular weight excluding hydrogens is 218 g/mol. The van der Waals surface area contributed by atoms with Crippen molar-refractivity contribution in [1.29, 1.82) is 0 Å². The first kappa shape index (κ1) is 9.58. The number of aromatic nitrogens is 2. The molecule has 1 heterocycles. The van der Waals surface area contributed by atoms with Crippen LogP contribution in [-0.4, -0.2) is 9.78 Å². The second-order valence-electron chi connectivity index (χ2n) is 3.31. The largest absolute Gasteiger partial charge is 0.381 e. The van der Waals surface area contributed by atoms with Crippen molar-refractivity contribution in [3.63, 3.8) is 0 Å². The third-order valence-corrected chi connectivity index (χ3v) is 2.29. The molecule has 12 heavy (non-hydrogen) atoms. The number of nitrogens with zero attached hydrogens (tertiary/aromatic N) is 2. The highest BCUT2D eigenvalue weighted by Crippen LogP contribution is 2.16. The smallest absolute Gasteiger partial charge is 0.159 e. The molecule has 0 bridgehead atoms. The summed E-state index contributed by atoms with van der Waals surface area (Å²) in [6.07, 6.45) is 3.05. The van der Waals surface area contributed by atoms with Gasteiger partial charge in [0.25, 0.3) is 0 Å². The van der Waals surface area contributed by atoms with Gasteiger partial charge in [-0.3, -0.25) is 4.68 Å². The summed E-state index contributed by atoms with van der Waals surface area (Å²) in [4.78, 5) is 0. The summed E-state index contributed by atoms with van der Waals surface area (Å²) in [5.41, 5.74) is 5.57. The minimum absolute atomic E-state index is 0.568. The Hall–Kier alpha value is -0.510. The molecule has 0 spiro atoms. The van der Waals surface area contributed by atoms with Gasteiger partial charge in [0.05, 0.1) is 4.47 Å². The first-order chi connectivity index (χ1) is 5.59. The molecule has 0 fully saturated rings. The Bertz CT molecular complexity index is 235. The van der Waals surface area contributed by atoms with Gasteiger partial charge in [-0.05, 0) is 28.3 Å². The number of hydrogen-bond acceptors (Lipinski definition) is 2. The molecular formula is C8H14BrN3. The van der Waals surface area contributed by atoms with Crippen LogP contribution < -0.4 is 5.73 Å². The molecule has 0 atom stereocenters. The predicted octanol–water partition coefficient (Wildman–Crippen LogP) is 2.27. The molecule has 68 valence electrons.